The summed E-state index contributed by atoms with van der Waals surface area (Å²) in [4.78, 5) is 27.3. The first kappa shape index (κ1) is 19.2. The molecule has 2 rings (SSSR count). The van der Waals surface area contributed by atoms with Crippen LogP contribution in [-0.4, -0.2) is 60.1 Å². The summed E-state index contributed by atoms with van der Waals surface area (Å²) in [6.07, 6.45) is 1.41. The van der Waals surface area contributed by atoms with Gasteiger partial charge in [0.1, 0.15) is 0 Å². The number of hydrogen-bond acceptors (Lipinski definition) is 4. The van der Waals surface area contributed by atoms with Crippen LogP contribution in [0.5, 0.6) is 5.75 Å². The van der Waals surface area contributed by atoms with Crippen LogP contribution in [0, 0.1) is 11.7 Å². The van der Waals surface area contributed by atoms with Gasteiger partial charge in [-0.3, -0.25) is 14.5 Å². The number of ether oxygens (including phenoxy) is 1. The largest absolute Gasteiger partial charge is 0.494 e. The van der Waals surface area contributed by atoms with E-state index in [4.69, 9.17) is 4.74 Å². The van der Waals surface area contributed by atoms with E-state index in [-0.39, 0.29) is 18.2 Å². The Labute approximate surface area is 147 Å². The minimum absolute atomic E-state index is 0.109. The number of halogens is 1. The highest BCUT2D eigenvalue weighted by atomic mass is 19.1. The van der Waals surface area contributed by atoms with Gasteiger partial charge in [0, 0.05) is 20.1 Å². The number of likely N-dealkylation sites (tertiary alicyclic amines) is 1. The molecule has 0 radical (unpaired) electrons. The van der Waals surface area contributed by atoms with Crippen molar-refractivity contribution < 1.29 is 23.8 Å². The fourth-order valence-corrected chi connectivity index (χ4v) is 3.19. The zero-order valence-electron chi connectivity index (χ0n) is 14.9. The molecule has 0 spiro atoms. The molecule has 7 heteroatoms. The molecule has 1 aromatic rings. The molecule has 1 aliphatic heterocycles. The van der Waals surface area contributed by atoms with Crippen molar-refractivity contribution in [1.29, 1.82) is 0 Å². The van der Waals surface area contributed by atoms with Crippen LogP contribution < -0.4 is 4.74 Å². The van der Waals surface area contributed by atoms with E-state index in [0.29, 0.717) is 25.1 Å². The molecule has 2 unspecified atom stereocenters. The monoisotopic (exact) mass is 352 g/mol. The highest BCUT2D eigenvalue weighted by molar-refractivity contribution is 5.81. The lowest BCUT2D eigenvalue weighted by Crippen LogP contribution is -2.50. The van der Waals surface area contributed by atoms with Crippen molar-refractivity contribution in [2.45, 2.75) is 32.4 Å². The molecule has 1 saturated heterocycles. The van der Waals surface area contributed by atoms with Gasteiger partial charge in [-0.2, -0.15) is 0 Å². The third kappa shape index (κ3) is 4.69. The molecular formula is C18H25FN2O4. The highest BCUT2D eigenvalue weighted by Crippen LogP contribution is 2.21. The van der Waals surface area contributed by atoms with E-state index in [1.54, 1.807) is 20.0 Å². The van der Waals surface area contributed by atoms with Gasteiger partial charge in [0.2, 0.25) is 5.91 Å². The lowest BCUT2D eigenvalue weighted by molar-refractivity contribution is -0.146. The van der Waals surface area contributed by atoms with Crippen molar-refractivity contribution >= 4 is 11.9 Å². The summed E-state index contributed by atoms with van der Waals surface area (Å²) in [7, 11) is 3.07. The van der Waals surface area contributed by atoms with Gasteiger partial charge in [0.15, 0.2) is 11.6 Å². The fourth-order valence-electron chi connectivity index (χ4n) is 3.19. The normalized spacial score (nSPS) is 19.3. The minimum atomic E-state index is -0.814. The second-order valence-electron chi connectivity index (χ2n) is 6.51. The molecule has 1 amide bonds. The van der Waals surface area contributed by atoms with Gasteiger partial charge < -0.3 is 14.7 Å². The first-order chi connectivity index (χ1) is 11.8. The molecule has 0 bridgehead atoms. The van der Waals surface area contributed by atoms with Crippen LogP contribution in [0.2, 0.25) is 0 Å². The smallest absolute Gasteiger partial charge is 0.307 e. The zero-order valence-corrected chi connectivity index (χ0v) is 14.9. The lowest BCUT2D eigenvalue weighted by atomic mass is 9.97. The Kier molecular flexibility index (Phi) is 6.36. The maximum Gasteiger partial charge on any atom is 0.307 e. The van der Waals surface area contributed by atoms with E-state index in [2.05, 4.69) is 0 Å². The number of carboxylic acid groups (broad SMARTS) is 1. The standard InChI is InChI=1S/C18H25FN2O4/c1-12(21-8-4-5-14(11-21)18(23)24)17(22)20(2)10-13-6-7-16(25-3)15(19)9-13/h6-7,9,12,14H,4-5,8,10-11H2,1-3H3,(H,23,24). The molecule has 25 heavy (non-hydrogen) atoms. The van der Waals surface area contributed by atoms with Crippen LogP contribution in [0.3, 0.4) is 0 Å². The number of carbonyl (C=O) groups is 2. The number of methoxy groups -OCH3 is 1. The summed E-state index contributed by atoms with van der Waals surface area (Å²) in [6.45, 7) is 3.16. The second kappa shape index (κ2) is 8.29. The summed E-state index contributed by atoms with van der Waals surface area (Å²) >= 11 is 0. The predicted molar refractivity (Wildman–Crippen MR) is 90.8 cm³/mol. The Balaban J connectivity index is 1.98. The van der Waals surface area contributed by atoms with Crippen molar-refractivity contribution in [1.82, 2.24) is 9.80 Å². The molecule has 1 aliphatic rings. The van der Waals surface area contributed by atoms with Gasteiger partial charge in [-0.15, -0.1) is 0 Å². The third-order valence-corrected chi connectivity index (χ3v) is 4.72. The molecule has 1 aromatic carbocycles. The SMILES string of the molecule is COc1ccc(CN(C)C(=O)C(C)N2CCCC(C(=O)O)C2)cc1F. The van der Waals surface area contributed by atoms with E-state index < -0.39 is 23.7 Å². The molecule has 0 aromatic heterocycles. The number of nitrogens with zero attached hydrogens (tertiary/aromatic N) is 2. The van der Waals surface area contributed by atoms with E-state index in [1.165, 1.54) is 24.1 Å². The number of amides is 1. The minimum Gasteiger partial charge on any atom is -0.494 e. The van der Waals surface area contributed by atoms with Crippen LogP contribution >= 0.6 is 0 Å². The molecule has 0 aliphatic carbocycles. The quantitative estimate of drug-likeness (QED) is 0.848. The van der Waals surface area contributed by atoms with Gasteiger partial charge in [-0.1, -0.05) is 6.07 Å². The Hall–Kier alpha value is -2.15. The Morgan fingerprint density at radius 2 is 2.20 bits per heavy atom. The van der Waals surface area contributed by atoms with Crippen LogP contribution in [0.1, 0.15) is 25.3 Å². The molecule has 0 saturated carbocycles. The summed E-state index contributed by atoms with van der Waals surface area (Å²) < 4.78 is 18.7. The van der Waals surface area contributed by atoms with Crippen LogP contribution in [-0.2, 0) is 16.1 Å². The van der Waals surface area contributed by atoms with E-state index in [0.717, 1.165) is 6.42 Å². The van der Waals surface area contributed by atoms with Crippen molar-refractivity contribution in [3.8, 4) is 5.75 Å². The van der Waals surface area contributed by atoms with Gasteiger partial charge in [0.05, 0.1) is 19.1 Å². The average Bonchev–Trinajstić information content (AvgIpc) is 2.60. The van der Waals surface area contributed by atoms with Crippen molar-refractivity contribution in [2.75, 3.05) is 27.2 Å². The number of rotatable bonds is 6. The molecule has 138 valence electrons. The van der Waals surface area contributed by atoms with E-state index in [9.17, 15) is 19.1 Å². The Morgan fingerprint density at radius 1 is 1.48 bits per heavy atom. The summed E-state index contributed by atoms with van der Waals surface area (Å²) in [5, 5.41) is 9.18. The third-order valence-electron chi connectivity index (χ3n) is 4.72. The molecule has 1 heterocycles. The van der Waals surface area contributed by atoms with E-state index >= 15 is 0 Å². The van der Waals surface area contributed by atoms with Crippen molar-refractivity contribution in [2.24, 2.45) is 5.92 Å². The number of hydrogen-bond donors (Lipinski definition) is 1. The summed E-state index contributed by atoms with van der Waals surface area (Å²) in [5.74, 6) is -1.65. The number of carboxylic acids is 1. The van der Waals surface area contributed by atoms with Gasteiger partial charge in [0.25, 0.3) is 0 Å². The van der Waals surface area contributed by atoms with Crippen molar-refractivity contribution in [3.63, 3.8) is 0 Å². The summed E-state index contributed by atoms with van der Waals surface area (Å²) in [5.41, 5.74) is 0.670. The molecule has 6 nitrogen and oxygen atoms in total. The zero-order chi connectivity index (χ0) is 18.6. The molecule has 1 fully saturated rings. The van der Waals surface area contributed by atoms with Crippen LogP contribution in [0.25, 0.3) is 0 Å². The topological polar surface area (TPSA) is 70.1 Å². The van der Waals surface area contributed by atoms with Crippen LogP contribution in [0.15, 0.2) is 18.2 Å². The van der Waals surface area contributed by atoms with Gasteiger partial charge in [-0.05, 0) is 44.0 Å². The lowest BCUT2D eigenvalue weighted by Gasteiger charge is -2.36. The number of carbonyl (C=O) groups excluding carboxylic acids is 1. The molecule has 1 N–H and O–H groups in total. The Morgan fingerprint density at radius 3 is 2.80 bits per heavy atom. The number of aliphatic carboxylic acids is 1. The van der Waals surface area contributed by atoms with E-state index in [1.807, 2.05) is 4.90 Å². The molecule has 2 atom stereocenters. The second-order valence-corrected chi connectivity index (χ2v) is 6.51. The van der Waals surface area contributed by atoms with Gasteiger partial charge in [-0.25, -0.2) is 4.39 Å². The number of benzene rings is 1. The maximum absolute atomic E-state index is 13.8. The van der Waals surface area contributed by atoms with Crippen LogP contribution in [0.4, 0.5) is 4.39 Å². The molecular weight excluding hydrogens is 327 g/mol. The van der Waals surface area contributed by atoms with Crippen molar-refractivity contribution in [3.05, 3.63) is 29.6 Å². The maximum atomic E-state index is 13.8. The highest BCUT2D eigenvalue weighted by Gasteiger charge is 2.31. The fraction of sp³-hybridized carbons (Fsp3) is 0.556. The number of likely N-dealkylation sites (N-methyl/N-ethyl adjacent to an activating group) is 1. The first-order valence-corrected chi connectivity index (χ1v) is 8.37. The van der Waals surface area contributed by atoms with Gasteiger partial charge >= 0.3 is 5.97 Å². The number of piperidine rings is 1. The predicted octanol–water partition coefficient (Wildman–Crippen LogP) is 1.98. The summed E-state index contributed by atoms with van der Waals surface area (Å²) in [6, 6.07) is 4.20. The Bertz CT molecular complexity index is 638. The first-order valence-electron chi connectivity index (χ1n) is 8.37. The average molecular weight is 352 g/mol.